The quantitative estimate of drug-likeness (QED) is 0.871. The van der Waals surface area contributed by atoms with E-state index >= 15 is 0 Å². The van der Waals surface area contributed by atoms with Gasteiger partial charge in [-0.2, -0.15) is 0 Å². The molecule has 1 aromatic rings. The molecule has 0 saturated heterocycles. The number of Topliss-reactive ketones (excluding diaryl/α,β-unsaturated/α-hetero) is 1. The number of aliphatic carboxylic acids is 1. The Hall–Kier alpha value is -1.94. The number of hydrogen-bond donors (Lipinski definition) is 1. The van der Waals surface area contributed by atoms with Gasteiger partial charge in [-0.15, -0.1) is 0 Å². The molecule has 0 spiro atoms. The second-order valence-corrected chi connectivity index (χ2v) is 7.78. The van der Waals surface area contributed by atoms with Crippen molar-refractivity contribution in [1.29, 1.82) is 0 Å². The van der Waals surface area contributed by atoms with Gasteiger partial charge in [0.25, 0.3) is 0 Å². The summed E-state index contributed by atoms with van der Waals surface area (Å²) in [5.41, 5.74) is 1.94. The molecule has 1 heterocycles. The number of fused-ring (bicyclic) bond motifs is 1. The molecule has 1 fully saturated rings. The van der Waals surface area contributed by atoms with Gasteiger partial charge in [0.2, 0.25) is 0 Å². The number of hydrogen-bond acceptors (Lipinski definition) is 3. The molecule has 2 aliphatic rings. The maximum absolute atomic E-state index is 12.9. The average Bonchev–Trinajstić information content (AvgIpc) is 2.44. The van der Waals surface area contributed by atoms with Crippen molar-refractivity contribution in [3.63, 3.8) is 0 Å². The summed E-state index contributed by atoms with van der Waals surface area (Å²) in [6, 6.07) is 7.15. The number of ketones is 1. The molecule has 0 amide bonds. The van der Waals surface area contributed by atoms with Crippen LogP contribution in [0.15, 0.2) is 40.5 Å². The summed E-state index contributed by atoms with van der Waals surface area (Å²) in [5, 5.41) is 10.2. The zero-order chi connectivity index (χ0) is 17.6. The molecule has 4 nitrogen and oxygen atoms in total. The Morgan fingerprint density at radius 3 is 2.54 bits per heavy atom. The highest BCUT2D eigenvalue weighted by atomic mass is 35.5. The number of carbonyl (C=O) groups excluding carboxylic acids is 1. The summed E-state index contributed by atoms with van der Waals surface area (Å²) < 4.78 is 0. The summed E-state index contributed by atoms with van der Waals surface area (Å²) in [6.45, 7) is 5.78. The number of aliphatic imine (C=N–C) groups is 1. The molecule has 3 rings (SSSR count). The maximum Gasteiger partial charge on any atom is 0.334 e. The normalized spacial score (nSPS) is 26.0. The van der Waals surface area contributed by atoms with Crippen LogP contribution in [0.1, 0.15) is 45.1 Å². The van der Waals surface area contributed by atoms with Crippen LogP contribution in [-0.2, 0) is 9.59 Å². The fraction of sp³-hybridized carbons (Fsp3) is 0.421. The fourth-order valence-corrected chi connectivity index (χ4v) is 4.19. The van der Waals surface area contributed by atoms with Crippen LogP contribution in [-0.4, -0.2) is 22.6 Å². The summed E-state index contributed by atoms with van der Waals surface area (Å²) in [7, 11) is 0. The standard InChI is InChI=1S/C19H20ClNO3/c1-10-15(18(23)24)16(11-6-4-5-7-12(11)20)17-13(21-10)8-19(2,3)9-14(17)22/h4-7,16-17H,8-9H2,1-3H3,(H,23,24). The van der Waals surface area contributed by atoms with Gasteiger partial charge in [0.05, 0.1) is 11.5 Å². The lowest BCUT2D eigenvalue weighted by atomic mass is 9.63. The van der Waals surface area contributed by atoms with Crippen LogP contribution in [0.5, 0.6) is 0 Å². The van der Waals surface area contributed by atoms with Crippen molar-refractivity contribution in [2.45, 2.75) is 39.5 Å². The smallest absolute Gasteiger partial charge is 0.334 e. The fourth-order valence-electron chi connectivity index (χ4n) is 3.94. The second-order valence-electron chi connectivity index (χ2n) is 7.37. The minimum atomic E-state index is -1.04. The van der Waals surface area contributed by atoms with Crippen LogP contribution in [0.3, 0.4) is 0 Å². The van der Waals surface area contributed by atoms with Crippen LogP contribution in [0, 0.1) is 11.3 Å². The molecule has 0 aromatic heterocycles. The van der Waals surface area contributed by atoms with E-state index < -0.39 is 17.8 Å². The maximum atomic E-state index is 12.9. The largest absolute Gasteiger partial charge is 0.478 e. The molecule has 0 radical (unpaired) electrons. The minimum absolute atomic E-state index is 0.0427. The van der Waals surface area contributed by atoms with Crippen molar-refractivity contribution >= 4 is 29.1 Å². The first-order valence-corrected chi connectivity index (χ1v) is 8.38. The summed E-state index contributed by atoms with van der Waals surface area (Å²) in [4.78, 5) is 29.3. The van der Waals surface area contributed by atoms with Gasteiger partial charge in [-0.05, 0) is 30.4 Å². The first-order chi connectivity index (χ1) is 11.2. The third kappa shape index (κ3) is 2.80. The first kappa shape index (κ1) is 16.9. The number of benzene rings is 1. The molecule has 1 aromatic carbocycles. The second kappa shape index (κ2) is 5.85. The monoisotopic (exact) mass is 345 g/mol. The lowest BCUT2D eigenvalue weighted by molar-refractivity contribution is -0.133. The minimum Gasteiger partial charge on any atom is -0.478 e. The van der Waals surface area contributed by atoms with Gasteiger partial charge in [0.1, 0.15) is 5.78 Å². The molecule has 5 heteroatoms. The third-order valence-electron chi connectivity index (χ3n) is 4.83. The molecule has 2 unspecified atom stereocenters. The van der Waals surface area contributed by atoms with Gasteiger partial charge in [-0.3, -0.25) is 9.79 Å². The number of allylic oxidation sites excluding steroid dienone is 1. The van der Waals surface area contributed by atoms with Crippen LogP contribution in [0.25, 0.3) is 0 Å². The van der Waals surface area contributed by atoms with Crippen LogP contribution in [0.4, 0.5) is 0 Å². The third-order valence-corrected chi connectivity index (χ3v) is 5.18. The van der Waals surface area contributed by atoms with Crippen molar-refractivity contribution in [3.05, 3.63) is 46.1 Å². The highest BCUT2D eigenvalue weighted by Crippen LogP contribution is 2.47. The highest BCUT2D eigenvalue weighted by molar-refractivity contribution is 6.31. The van der Waals surface area contributed by atoms with Gasteiger partial charge in [-0.1, -0.05) is 43.6 Å². The number of carboxylic acid groups (broad SMARTS) is 1. The van der Waals surface area contributed by atoms with Gasteiger partial charge in [0.15, 0.2) is 0 Å². The lowest BCUT2D eigenvalue weighted by Crippen LogP contribution is -2.44. The van der Waals surface area contributed by atoms with E-state index in [0.717, 1.165) is 5.71 Å². The Labute approximate surface area is 146 Å². The molecule has 1 aliphatic heterocycles. The predicted octanol–water partition coefficient (Wildman–Crippen LogP) is 4.24. The van der Waals surface area contributed by atoms with E-state index in [1.807, 2.05) is 19.9 Å². The Kier molecular flexibility index (Phi) is 4.12. The Morgan fingerprint density at radius 2 is 1.92 bits per heavy atom. The van der Waals surface area contributed by atoms with E-state index in [2.05, 4.69) is 4.99 Å². The summed E-state index contributed by atoms with van der Waals surface area (Å²) >= 11 is 6.34. The van der Waals surface area contributed by atoms with Crippen molar-refractivity contribution < 1.29 is 14.7 Å². The molecular formula is C19H20ClNO3. The van der Waals surface area contributed by atoms with Gasteiger partial charge in [-0.25, -0.2) is 4.79 Å². The lowest BCUT2D eigenvalue weighted by Gasteiger charge is -2.41. The number of nitrogens with zero attached hydrogens (tertiary/aromatic N) is 1. The van der Waals surface area contributed by atoms with Crippen molar-refractivity contribution in [2.24, 2.45) is 16.3 Å². The van der Waals surface area contributed by atoms with E-state index in [4.69, 9.17) is 11.6 Å². The van der Waals surface area contributed by atoms with Crippen LogP contribution >= 0.6 is 11.6 Å². The SMILES string of the molecule is CC1=C(C(=O)O)C(c2ccccc2Cl)C2C(=O)CC(C)(C)CC2=N1. The predicted molar refractivity (Wildman–Crippen MR) is 93.5 cm³/mol. The van der Waals surface area contributed by atoms with Gasteiger partial charge in [0, 0.05) is 28.8 Å². The number of halogens is 1. The van der Waals surface area contributed by atoms with Crippen LogP contribution in [0.2, 0.25) is 5.02 Å². The van der Waals surface area contributed by atoms with E-state index in [9.17, 15) is 14.7 Å². The molecule has 2 atom stereocenters. The molecular weight excluding hydrogens is 326 g/mol. The van der Waals surface area contributed by atoms with Crippen molar-refractivity contribution in [1.82, 2.24) is 0 Å². The van der Waals surface area contributed by atoms with Gasteiger partial charge < -0.3 is 5.11 Å². The van der Waals surface area contributed by atoms with Crippen molar-refractivity contribution in [2.75, 3.05) is 0 Å². The molecule has 126 valence electrons. The van der Waals surface area contributed by atoms with Crippen molar-refractivity contribution in [3.8, 4) is 0 Å². The molecule has 1 saturated carbocycles. The van der Waals surface area contributed by atoms with Gasteiger partial charge >= 0.3 is 5.97 Å². The topological polar surface area (TPSA) is 66.7 Å². The first-order valence-electron chi connectivity index (χ1n) is 8.00. The number of carboxylic acids is 1. The zero-order valence-corrected chi connectivity index (χ0v) is 14.7. The number of rotatable bonds is 2. The zero-order valence-electron chi connectivity index (χ0n) is 14.0. The number of carbonyl (C=O) groups is 2. The average molecular weight is 346 g/mol. The molecule has 1 N–H and O–H groups in total. The molecule has 0 bridgehead atoms. The van der Waals surface area contributed by atoms with E-state index in [-0.39, 0.29) is 16.8 Å². The summed E-state index contributed by atoms with van der Waals surface area (Å²) in [6.07, 6.45) is 1.11. The van der Waals surface area contributed by atoms with Crippen LogP contribution < -0.4 is 0 Å². The van der Waals surface area contributed by atoms with E-state index in [0.29, 0.717) is 29.1 Å². The van der Waals surface area contributed by atoms with E-state index in [1.165, 1.54) is 0 Å². The Balaban J connectivity index is 2.22. The summed E-state index contributed by atoms with van der Waals surface area (Å²) in [5.74, 6) is -2.11. The van der Waals surface area contributed by atoms with E-state index in [1.54, 1.807) is 25.1 Å². The Morgan fingerprint density at radius 1 is 1.25 bits per heavy atom. The highest BCUT2D eigenvalue weighted by Gasteiger charge is 2.47. The Bertz CT molecular complexity index is 792. The molecule has 24 heavy (non-hydrogen) atoms. The molecule has 1 aliphatic carbocycles.